The molecule has 1 aromatic rings. The Kier molecular flexibility index (Phi) is 4.00. The van der Waals surface area contributed by atoms with Crippen LogP contribution in [0.4, 0.5) is 0 Å². The van der Waals surface area contributed by atoms with Crippen LogP contribution < -0.4 is 9.47 Å². The summed E-state index contributed by atoms with van der Waals surface area (Å²) in [5.41, 5.74) is 1.49. The number of benzene rings is 1. The fourth-order valence-corrected chi connectivity index (χ4v) is 3.07. The summed E-state index contributed by atoms with van der Waals surface area (Å²) in [5, 5.41) is 9.83. The van der Waals surface area contributed by atoms with Crippen molar-refractivity contribution in [3.05, 3.63) is 23.3 Å². The number of amides is 1. The van der Waals surface area contributed by atoms with Crippen molar-refractivity contribution in [2.75, 3.05) is 13.2 Å². The standard InChI is InChI=1S/C17H23NO4/c1-4-11(3)22-15-6-10(2)5-14-16(15)17(20)18-8-13(19)7-12(18)9-21-14/h5-6,11-13,19H,4,7-9H2,1-3H3/t11?,12-,13-/m1/s1. The summed E-state index contributed by atoms with van der Waals surface area (Å²) in [6.07, 6.45) is 0.994. The van der Waals surface area contributed by atoms with E-state index < -0.39 is 6.10 Å². The Labute approximate surface area is 130 Å². The minimum atomic E-state index is -0.469. The van der Waals surface area contributed by atoms with Gasteiger partial charge in [-0.3, -0.25) is 4.79 Å². The molecule has 0 aromatic heterocycles. The summed E-state index contributed by atoms with van der Waals surface area (Å²) >= 11 is 0. The monoisotopic (exact) mass is 305 g/mol. The van der Waals surface area contributed by atoms with Crippen LogP contribution in [0.15, 0.2) is 12.1 Å². The molecule has 1 N–H and O–H groups in total. The van der Waals surface area contributed by atoms with E-state index in [1.807, 2.05) is 32.9 Å². The van der Waals surface area contributed by atoms with E-state index in [4.69, 9.17) is 9.47 Å². The van der Waals surface area contributed by atoms with Gasteiger partial charge in [0.1, 0.15) is 23.7 Å². The number of carbonyl (C=O) groups excluding carboxylic acids is 1. The van der Waals surface area contributed by atoms with Gasteiger partial charge in [-0.25, -0.2) is 0 Å². The third-order valence-corrected chi connectivity index (χ3v) is 4.41. The first-order valence-corrected chi connectivity index (χ1v) is 7.92. The molecule has 1 aromatic carbocycles. The second-order valence-corrected chi connectivity index (χ2v) is 6.28. The lowest BCUT2D eigenvalue weighted by molar-refractivity contribution is 0.0704. The van der Waals surface area contributed by atoms with Crippen molar-refractivity contribution in [2.24, 2.45) is 0 Å². The van der Waals surface area contributed by atoms with Crippen LogP contribution in [0.5, 0.6) is 11.5 Å². The van der Waals surface area contributed by atoms with Gasteiger partial charge in [-0.05, 0) is 44.4 Å². The number of rotatable bonds is 3. The van der Waals surface area contributed by atoms with E-state index in [0.29, 0.717) is 36.6 Å². The van der Waals surface area contributed by atoms with Gasteiger partial charge in [-0.2, -0.15) is 0 Å². The summed E-state index contributed by atoms with van der Waals surface area (Å²) in [6, 6.07) is 3.71. The molecule has 2 aliphatic heterocycles. The average Bonchev–Trinajstić information content (AvgIpc) is 2.79. The van der Waals surface area contributed by atoms with Gasteiger partial charge in [0.05, 0.1) is 18.2 Å². The third kappa shape index (κ3) is 2.65. The van der Waals surface area contributed by atoms with Gasteiger partial charge >= 0.3 is 0 Å². The number of nitrogens with zero attached hydrogens (tertiary/aromatic N) is 1. The SMILES string of the molecule is CCC(C)Oc1cc(C)cc2c1C(=O)N1C[C@H](O)C[C@@H]1CO2. The summed E-state index contributed by atoms with van der Waals surface area (Å²) in [6.45, 7) is 6.78. The van der Waals surface area contributed by atoms with Crippen molar-refractivity contribution < 1.29 is 19.4 Å². The molecule has 2 heterocycles. The summed E-state index contributed by atoms with van der Waals surface area (Å²) in [4.78, 5) is 14.6. The summed E-state index contributed by atoms with van der Waals surface area (Å²) < 4.78 is 11.8. The molecule has 2 aliphatic rings. The lowest BCUT2D eigenvalue weighted by atomic mass is 10.1. The number of aryl methyl sites for hydroxylation is 1. The van der Waals surface area contributed by atoms with Crippen LogP contribution in [0.1, 0.15) is 42.6 Å². The maximum Gasteiger partial charge on any atom is 0.261 e. The highest BCUT2D eigenvalue weighted by Gasteiger charge is 2.40. The highest BCUT2D eigenvalue weighted by molar-refractivity contribution is 6.00. The van der Waals surface area contributed by atoms with Gasteiger partial charge in [0.2, 0.25) is 0 Å². The molecule has 3 rings (SSSR count). The maximum absolute atomic E-state index is 12.9. The molecule has 1 unspecified atom stereocenters. The van der Waals surface area contributed by atoms with Crippen molar-refractivity contribution in [3.63, 3.8) is 0 Å². The normalized spacial score (nSPS) is 25.1. The van der Waals surface area contributed by atoms with Crippen LogP contribution in [-0.2, 0) is 0 Å². The number of carbonyl (C=O) groups is 1. The van der Waals surface area contributed by atoms with Gasteiger partial charge < -0.3 is 19.5 Å². The molecule has 1 fully saturated rings. The highest BCUT2D eigenvalue weighted by atomic mass is 16.5. The second-order valence-electron chi connectivity index (χ2n) is 6.28. The Morgan fingerprint density at radius 3 is 3.00 bits per heavy atom. The maximum atomic E-state index is 12.9. The molecular weight excluding hydrogens is 282 g/mol. The highest BCUT2D eigenvalue weighted by Crippen LogP contribution is 2.37. The number of aliphatic hydroxyl groups is 1. The number of ether oxygens (including phenoxy) is 2. The van der Waals surface area contributed by atoms with E-state index in [-0.39, 0.29) is 18.1 Å². The molecule has 0 saturated carbocycles. The molecule has 1 saturated heterocycles. The molecule has 120 valence electrons. The molecule has 1 amide bonds. The van der Waals surface area contributed by atoms with Gasteiger partial charge in [0.15, 0.2) is 0 Å². The predicted octanol–water partition coefficient (Wildman–Crippen LogP) is 2.14. The van der Waals surface area contributed by atoms with Gasteiger partial charge in [-0.1, -0.05) is 6.92 Å². The van der Waals surface area contributed by atoms with E-state index in [1.165, 1.54) is 0 Å². The number of hydrogen-bond donors (Lipinski definition) is 1. The topological polar surface area (TPSA) is 59.0 Å². The van der Waals surface area contributed by atoms with Crippen molar-refractivity contribution in [1.29, 1.82) is 0 Å². The van der Waals surface area contributed by atoms with E-state index >= 15 is 0 Å². The fraction of sp³-hybridized carbons (Fsp3) is 0.588. The van der Waals surface area contributed by atoms with Crippen molar-refractivity contribution in [2.45, 2.75) is 51.9 Å². The Hall–Kier alpha value is -1.75. The number of aliphatic hydroxyl groups excluding tert-OH is 1. The smallest absolute Gasteiger partial charge is 0.261 e. The molecule has 5 heteroatoms. The zero-order chi connectivity index (χ0) is 15.9. The van der Waals surface area contributed by atoms with Crippen LogP contribution in [0.25, 0.3) is 0 Å². The van der Waals surface area contributed by atoms with Crippen LogP contribution in [0.2, 0.25) is 0 Å². The molecular formula is C17H23NO4. The van der Waals surface area contributed by atoms with Gasteiger partial charge in [0, 0.05) is 6.54 Å². The van der Waals surface area contributed by atoms with Gasteiger partial charge in [-0.15, -0.1) is 0 Å². The molecule has 0 bridgehead atoms. The minimum Gasteiger partial charge on any atom is -0.490 e. The zero-order valence-corrected chi connectivity index (χ0v) is 13.3. The third-order valence-electron chi connectivity index (χ3n) is 4.41. The number of fused-ring (bicyclic) bond motifs is 2. The Morgan fingerprint density at radius 2 is 2.27 bits per heavy atom. The molecule has 0 aliphatic carbocycles. The van der Waals surface area contributed by atoms with Crippen LogP contribution in [0, 0.1) is 6.92 Å². The van der Waals surface area contributed by atoms with Crippen molar-refractivity contribution in [1.82, 2.24) is 4.90 Å². The largest absolute Gasteiger partial charge is 0.490 e. The van der Waals surface area contributed by atoms with Gasteiger partial charge in [0.25, 0.3) is 5.91 Å². The first-order valence-electron chi connectivity index (χ1n) is 7.92. The van der Waals surface area contributed by atoms with Crippen LogP contribution >= 0.6 is 0 Å². The fourth-order valence-electron chi connectivity index (χ4n) is 3.07. The van der Waals surface area contributed by atoms with E-state index in [0.717, 1.165) is 12.0 Å². The molecule has 5 nitrogen and oxygen atoms in total. The molecule has 22 heavy (non-hydrogen) atoms. The predicted molar refractivity (Wildman–Crippen MR) is 82.5 cm³/mol. The quantitative estimate of drug-likeness (QED) is 0.929. The first-order chi connectivity index (χ1) is 10.5. The molecule has 0 radical (unpaired) electrons. The Balaban J connectivity index is 2.02. The zero-order valence-electron chi connectivity index (χ0n) is 13.3. The lowest BCUT2D eigenvalue weighted by Crippen LogP contribution is -2.37. The summed E-state index contributed by atoms with van der Waals surface area (Å²) in [7, 11) is 0. The van der Waals surface area contributed by atoms with Crippen LogP contribution in [-0.4, -0.2) is 47.3 Å². The van der Waals surface area contributed by atoms with Crippen molar-refractivity contribution in [3.8, 4) is 11.5 Å². The Morgan fingerprint density at radius 1 is 1.50 bits per heavy atom. The average molecular weight is 305 g/mol. The van der Waals surface area contributed by atoms with E-state index in [2.05, 4.69) is 0 Å². The first kappa shape index (κ1) is 15.2. The summed E-state index contributed by atoms with van der Waals surface area (Å²) in [5.74, 6) is 1.07. The molecule has 3 atom stereocenters. The van der Waals surface area contributed by atoms with E-state index in [9.17, 15) is 9.90 Å². The van der Waals surface area contributed by atoms with E-state index in [1.54, 1.807) is 4.90 Å². The minimum absolute atomic E-state index is 0.0296. The van der Waals surface area contributed by atoms with Crippen molar-refractivity contribution >= 4 is 5.91 Å². The number of hydrogen-bond acceptors (Lipinski definition) is 4. The lowest BCUT2D eigenvalue weighted by Gasteiger charge is -2.22. The van der Waals surface area contributed by atoms with Crippen LogP contribution in [0.3, 0.4) is 0 Å². The molecule has 0 spiro atoms. The Bertz CT molecular complexity index is 586. The second kappa shape index (κ2) is 5.80.